The fourth-order valence-corrected chi connectivity index (χ4v) is 2.23. The molecule has 1 aromatic carbocycles. The minimum Gasteiger partial charge on any atom is -0.0837 e. The second-order valence-electron chi connectivity index (χ2n) is 3.50. The van der Waals surface area contributed by atoms with E-state index in [1.807, 2.05) is 0 Å². The third-order valence-electron chi connectivity index (χ3n) is 2.52. The van der Waals surface area contributed by atoms with Crippen molar-refractivity contribution in [2.24, 2.45) is 0 Å². The first-order valence-electron chi connectivity index (χ1n) is 4.78. The van der Waals surface area contributed by atoms with Crippen molar-refractivity contribution in [3.8, 4) is 0 Å². The average Bonchev–Trinajstić information content (AvgIpc) is 2.46. The van der Waals surface area contributed by atoms with Gasteiger partial charge in [0.2, 0.25) is 0 Å². The van der Waals surface area contributed by atoms with Crippen molar-refractivity contribution in [2.75, 3.05) is 0 Å². The Morgan fingerprint density at radius 1 is 1.31 bits per heavy atom. The molecule has 1 aromatic rings. The van der Waals surface area contributed by atoms with E-state index in [0.29, 0.717) is 0 Å². The highest BCUT2D eigenvalue weighted by molar-refractivity contribution is 6.50. The van der Waals surface area contributed by atoms with E-state index < -0.39 is 0 Å². The molecule has 0 nitrogen and oxygen atoms in total. The van der Waals surface area contributed by atoms with Gasteiger partial charge in [0.1, 0.15) is 0 Å². The molecule has 68 valence electrons. The molecule has 13 heavy (non-hydrogen) atoms. The molecule has 0 aliphatic heterocycles. The van der Waals surface area contributed by atoms with E-state index in [1.165, 1.54) is 23.1 Å². The van der Waals surface area contributed by atoms with Crippen LogP contribution in [0.5, 0.6) is 0 Å². The summed E-state index contributed by atoms with van der Waals surface area (Å²) in [4.78, 5) is 0. The number of halogens is 1. The third-order valence-corrected chi connectivity index (χ3v) is 2.99. The van der Waals surface area contributed by atoms with Gasteiger partial charge in [-0.25, -0.2) is 0 Å². The molecular weight excluding hydrogens is 180 g/mol. The maximum atomic E-state index is 6.27. The zero-order valence-corrected chi connectivity index (χ0v) is 8.56. The van der Waals surface area contributed by atoms with E-state index in [2.05, 4.69) is 31.2 Å². The molecule has 0 aromatic heterocycles. The van der Waals surface area contributed by atoms with Crippen LogP contribution in [-0.2, 0) is 6.42 Å². The summed E-state index contributed by atoms with van der Waals surface area (Å²) in [6.45, 7) is 2.19. The molecule has 0 amide bonds. The van der Waals surface area contributed by atoms with Crippen molar-refractivity contribution in [1.29, 1.82) is 0 Å². The largest absolute Gasteiger partial charge is 0.0837 e. The first kappa shape index (κ1) is 8.83. The minimum atomic E-state index is 0.998. The predicted octanol–water partition coefficient (Wildman–Crippen LogP) is 3.99. The number of hydrogen-bond acceptors (Lipinski definition) is 0. The zero-order chi connectivity index (χ0) is 9.26. The van der Waals surface area contributed by atoms with Gasteiger partial charge in [-0.15, -0.1) is 0 Å². The van der Waals surface area contributed by atoms with E-state index in [-0.39, 0.29) is 0 Å². The molecule has 0 saturated heterocycles. The SMILES string of the molecule is CCCC1=C(Cl)c2ccccc2C1. The Hall–Kier alpha value is -0.750. The van der Waals surface area contributed by atoms with E-state index in [9.17, 15) is 0 Å². The quantitative estimate of drug-likeness (QED) is 0.665. The van der Waals surface area contributed by atoms with E-state index in [0.717, 1.165) is 17.9 Å². The van der Waals surface area contributed by atoms with Crippen molar-refractivity contribution < 1.29 is 0 Å². The van der Waals surface area contributed by atoms with Gasteiger partial charge in [-0.05, 0) is 29.5 Å². The first-order valence-corrected chi connectivity index (χ1v) is 5.16. The van der Waals surface area contributed by atoms with Crippen LogP contribution in [0.25, 0.3) is 5.03 Å². The fourth-order valence-electron chi connectivity index (χ4n) is 1.89. The van der Waals surface area contributed by atoms with Crippen molar-refractivity contribution >= 4 is 16.6 Å². The summed E-state index contributed by atoms with van der Waals surface area (Å²) in [7, 11) is 0. The zero-order valence-electron chi connectivity index (χ0n) is 7.81. The molecule has 0 unspecified atom stereocenters. The fraction of sp³-hybridized carbons (Fsp3) is 0.333. The lowest BCUT2D eigenvalue weighted by Crippen LogP contribution is -1.83. The molecule has 0 saturated carbocycles. The van der Waals surface area contributed by atoms with Crippen molar-refractivity contribution in [3.05, 3.63) is 41.0 Å². The van der Waals surface area contributed by atoms with Crippen molar-refractivity contribution in [3.63, 3.8) is 0 Å². The summed E-state index contributed by atoms with van der Waals surface area (Å²) < 4.78 is 0. The van der Waals surface area contributed by atoms with Crippen LogP contribution in [-0.4, -0.2) is 0 Å². The molecule has 2 rings (SSSR count). The molecule has 0 spiro atoms. The van der Waals surface area contributed by atoms with Crippen LogP contribution in [0.3, 0.4) is 0 Å². The van der Waals surface area contributed by atoms with Gasteiger partial charge < -0.3 is 0 Å². The Balaban J connectivity index is 2.36. The van der Waals surface area contributed by atoms with Gasteiger partial charge in [0.25, 0.3) is 0 Å². The Morgan fingerprint density at radius 3 is 2.77 bits per heavy atom. The van der Waals surface area contributed by atoms with Crippen LogP contribution in [0.2, 0.25) is 0 Å². The number of benzene rings is 1. The topological polar surface area (TPSA) is 0 Å². The molecule has 0 atom stereocenters. The molecule has 0 radical (unpaired) electrons. The highest BCUT2D eigenvalue weighted by Crippen LogP contribution is 2.37. The van der Waals surface area contributed by atoms with Gasteiger partial charge in [-0.3, -0.25) is 0 Å². The number of rotatable bonds is 2. The molecule has 1 heteroatoms. The summed E-state index contributed by atoms with van der Waals surface area (Å²) in [5.74, 6) is 0. The van der Waals surface area contributed by atoms with Gasteiger partial charge in [0.05, 0.1) is 0 Å². The molecule has 0 fully saturated rings. The molecule has 1 aliphatic carbocycles. The van der Waals surface area contributed by atoms with Gasteiger partial charge in [-0.1, -0.05) is 49.2 Å². The molecule has 0 N–H and O–H groups in total. The predicted molar refractivity (Wildman–Crippen MR) is 57.8 cm³/mol. The van der Waals surface area contributed by atoms with Gasteiger partial charge in [0, 0.05) is 5.03 Å². The molecule has 0 bridgehead atoms. The van der Waals surface area contributed by atoms with E-state index in [4.69, 9.17) is 11.6 Å². The minimum absolute atomic E-state index is 0.998. The van der Waals surface area contributed by atoms with E-state index >= 15 is 0 Å². The lowest BCUT2D eigenvalue weighted by Gasteiger charge is -1.97. The monoisotopic (exact) mass is 192 g/mol. The number of allylic oxidation sites excluding steroid dienone is 1. The number of hydrogen-bond donors (Lipinski definition) is 0. The lowest BCUT2D eigenvalue weighted by atomic mass is 10.1. The molecular formula is C12H13Cl. The Morgan fingerprint density at radius 2 is 2.08 bits per heavy atom. The summed E-state index contributed by atoms with van der Waals surface area (Å²) in [6, 6.07) is 8.41. The van der Waals surface area contributed by atoms with Crippen LogP contribution in [0.4, 0.5) is 0 Å². The smallest absolute Gasteiger partial charge is 0.0476 e. The van der Waals surface area contributed by atoms with Crippen molar-refractivity contribution in [1.82, 2.24) is 0 Å². The van der Waals surface area contributed by atoms with Gasteiger partial charge in [-0.2, -0.15) is 0 Å². The normalized spacial score (nSPS) is 14.9. The standard InChI is InChI=1S/C12H13Cl/c1-2-5-10-8-9-6-3-4-7-11(9)12(10)13/h3-4,6-7H,2,5,8H2,1H3. The highest BCUT2D eigenvalue weighted by atomic mass is 35.5. The lowest BCUT2D eigenvalue weighted by molar-refractivity contribution is 0.885. The van der Waals surface area contributed by atoms with Crippen LogP contribution in [0.15, 0.2) is 29.8 Å². The van der Waals surface area contributed by atoms with Crippen molar-refractivity contribution in [2.45, 2.75) is 26.2 Å². The summed E-state index contributed by atoms with van der Waals surface area (Å²) >= 11 is 6.27. The van der Waals surface area contributed by atoms with Crippen LogP contribution in [0, 0.1) is 0 Å². The average molecular weight is 193 g/mol. The van der Waals surface area contributed by atoms with Crippen LogP contribution >= 0.6 is 11.6 Å². The molecule has 0 heterocycles. The van der Waals surface area contributed by atoms with Crippen LogP contribution in [0.1, 0.15) is 30.9 Å². The second-order valence-corrected chi connectivity index (χ2v) is 3.88. The Kier molecular flexibility index (Phi) is 2.41. The van der Waals surface area contributed by atoms with Crippen LogP contribution < -0.4 is 0 Å². The van der Waals surface area contributed by atoms with Gasteiger partial charge in [0.15, 0.2) is 0 Å². The second kappa shape index (κ2) is 3.55. The summed E-state index contributed by atoms with van der Waals surface area (Å²) in [5.41, 5.74) is 4.04. The maximum absolute atomic E-state index is 6.27. The number of fused-ring (bicyclic) bond motifs is 1. The summed E-state index contributed by atoms with van der Waals surface area (Å²) in [6.07, 6.45) is 3.37. The summed E-state index contributed by atoms with van der Waals surface area (Å²) in [5, 5.41) is 0.998. The maximum Gasteiger partial charge on any atom is 0.0476 e. The highest BCUT2D eigenvalue weighted by Gasteiger charge is 2.18. The molecule has 1 aliphatic rings. The third kappa shape index (κ3) is 1.51. The van der Waals surface area contributed by atoms with E-state index in [1.54, 1.807) is 0 Å². The first-order chi connectivity index (χ1) is 6.33. The Bertz CT molecular complexity index is 350. The van der Waals surface area contributed by atoms with Gasteiger partial charge >= 0.3 is 0 Å². The Labute approximate surface area is 84.2 Å².